The number of benzene rings is 3. The van der Waals surface area contributed by atoms with Gasteiger partial charge in [-0.1, -0.05) is 54.6 Å². The summed E-state index contributed by atoms with van der Waals surface area (Å²) in [5, 5.41) is 2.12. The third-order valence-corrected chi connectivity index (χ3v) is 8.82. The first kappa shape index (κ1) is 27.8. The number of nitrogen functional groups attached to an aromatic ring is 1. The van der Waals surface area contributed by atoms with Gasteiger partial charge >= 0.3 is 0 Å². The molecule has 0 spiro atoms. The molecule has 5 aromatic rings. The Morgan fingerprint density at radius 3 is 2.65 bits per heavy atom. The maximum atomic E-state index is 14.1. The minimum absolute atomic E-state index is 0.0253. The van der Waals surface area contributed by atoms with Crippen molar-refractivity contribution in [3.63, 3.8) is 0 Å². The molecule has 0 aliphatic rings. The number of nitrogens with zero attached hydrogens (tertiary/aromatic N) is 4. The average Bonchev–Trinajstić information content (AvgIpc) is 3.36. The Morgan fingerprint density at radius 1 is 1.00 bits per heavy atom. The lowest BCUT2D eigenvalue weighted by molar-refractivity contribution is 0.0825. The Balaban J connectivity index is 1.23. The maximum Gasteiger partial charge on any atom is 0.272 e. The number of fused-ring (bicyclic) bond motifs is 2. The van der Waals surface area contributed by atoms with Crippen molar-refractivity contribution < 1.29 is 18.6 Å². The second-order valence-electron chi connectivity index (χ2n) is 9.91. The van der Waals surface area contributed by atoms with Gasteiger partial charge in [-0.15, -0.1) is 0 Å². The van der Waals surface area contributed by atoms with Gasteiger partial charge in [-0.3, -0.25) is 4.57 Å². The Kier molecular flexibility index (Phi) is 8.75. The summed E-state index contributed by atoms with van der Waals surface area (Å²) in [5.41, 5.74) is 9.42. The first-order valence-corrected chi connectivity index (χ1v) is 15.3. The van der Waals surface area contributed by atoms with Gasteiger partial charge in [0, 0.05) is 12.8 Å². The molecule has 0 aliphatic heterocycles. The summed E-state index contributed by atoms with van der Waals surface area (Å²) in [6.07, 6.45) is 3.68. The number of rotatable bonds is 13. The Morgan fingerprint density at radius 2 is 1.80 bits per heavy atom. The number of aryl methyl sites for hydroxylation is 1. The van der Waals surface area contributed by atoms with Crippen LogP contribution in [0.1, 0.15) is 24.5 Å². The van der Waals surface area contributed by atoms with E-state index < -0.39 is 7.37 Å². The average molecular weight is 560 g/mol. The molecule has 40 heavy (non-hydrogen) atoms. The predicted molar refractivity (Wildman–Crippen MR) is 158 cm³/mol. The number of aromatic nitrogens is 4. The third-order valence-electron chi connectivity index (χ3n) is 6.74. The minimum Gasteiger partial charge on any atom is -0.441 e. The Bertz CT molecular complexity index is 1640. The van der Waals surface area contributed by atoms with E-state index in [9.17, 15) is 4.57 Å². The quantitative estimate of drug-likeness (QED) is 0.134. The summed E-state index contributed by atoms with van der Waals surface area (Å²) in [6, 6.07) is 21.9. The van der Waals surface area contributed by atoms with E-state index >= 15 is 0 Å². The summed E-state index contributed by atoms with van der Waals surface area (Å²) in [7, 11) is -3.21. The van der Waals surface area contributed by atoms with Crippen LogP contribution < -0.4 is 10.3 Å². The van der Waals surface area contributed by atoms with E-state index in [1.165, 1.54) is 11.9 Å². The van der Waals surface area contributed by atoms with E-state index in [-0.39, 0.29) is 12.5 Å². The first-order chi connectivity index (χ1) is 19.4. The summed E-state index contributed by atoms with van der Waals surface area (Å²) >= 11 is 0. The van der Waals surface area contributed by atoms with Gasteiger partial charge in [0.05, 0.1) is 25.6 Å². The molecule has 2 aromatic heterocycles. The normalized spacial score (nSPS) is 13.8. The maximum absolute atomic E-state index is 14.1. The van der Waals surface area contributed by atoms with Crippen LogP contribution in [-0.4, -0.2) is 44.7 Å². The highest BCUT2D eigenvalue weighted by atomic mass is 31.2. The van der Waals surface area contributed by atoms with Crippen molar-refractivity contribution in [2.75, 3.05) is 24.9 Å². The Hall–Kier alpha value is -3.78. The smallest absolute Gasteiger partial charge is 0.272 e. The van der Waals surface area contributed by atoms with Gasteiger partial charge in [-0.2, -0.15) is 0 Å². The lowest BCUT2D eigenvalue weighted by atomic mass is 10.1. The molecular weight excluding hydrogens is 525 g/mol. The lowest BCUT2D eigenvalue weighted by Crippen LogP contribution is -2.19. The predicted octanol–water partition coefficient (Wildman–Crippen LogP) is 6.20. The van der Waals surface area contributed by atoms with Crippen molar-refractivity contribution >= 4 is 35.1 Å². The van der Waals surface area contributed by atoms with E-state index in [0.29, 0.717) is 55.1 Å². The highest BCUT2D eigenvalue weighted by Crippen LogP contribution is 2.48. The standard InChI is InChI=1S/C30H34N5O4P/c1-22-8-3-4-11-26(22)18-37-14-7-15-40(36,39-27-13-12-24-9-5-6-10-25(24)16-27)21-38-23(2)17-35-20-34-28-29(31)32-19-33-30(28)35/h3-6,8-13,16,19-20,23H,7,14-15,17-18,21H2,1-2H3,(H2,31,32,33)/t23-,40?/m1/s1. The molecule has 2 atom stereocenters. The lowest BCUT2D eigenvalue weighted by Gasteiger charge is -2.22. The largest absolute Gasteiger partial charge is 0.441 e. The van der Waals surface area contributed by atoms with E-state index in [0.717, 1.165) is 16.3 Å². The molecule has 0 saturated heterocycles. The fourth-order valence-corrected chi connectivity index (χ4v) is 6.38. The molecule has 3 aromatic carbocycles. The van der Waals surface area contributed by atoms with E-state index in [1.54, 1.807) is 6.33 Å². The summed E-state index contributed by atoms with van der Waals surface area (Å²) in [5.74, 6) is 0.891. The molecule has 2 N–H and O–H groups in total. The zero-order valence-corrected chi connectivity index (χ0v) is 23.7. The second kappa shape index (κ2) is 12.6. The molecule has 0 saturated carbocycles. The fourth-order valence-electron chi connectivity index (χ4n) is 4.52. The van der Waals surface area contributed by atoms with Crippen LogP contribution in [0.15, 0.2) is 79.4 Å². The number of hydrogen-bond acceptors (Lipinski definition) is 8. The van der Waals surface area contributed by atoms with Crippen LogP contribution in [0.2, 0.25) is 0 Å². The minimum atomic E-state index is -3.21. The van der Waals surface area contributed by atoms with E-state index in [2.05, 4.69) is 34.0 Å². The highest BCUT2D eigenvalue weighted by molar-refractivity contribution is 7.59. The molecule has 0 bridgehead atoms. The number of imidazole rings is 1. The van der Waals surface area contributed by atoms with Crippen molar-refractivity contribution in [3.8, 4) is 5.75 Å². The third kappa shape index (κ3) is 6.86. The van der Waals surface area contributed by atoms with E-state index in [1.807, 2.05) is 66.1 Å². The second-order valence-corrected chi connectivity index (χ2v) is 12.4. The Labute approximate surface area is 233 Å². The van der Waals surface area contributed by atoms with Gasteiger partial charge in [0.1, 0.15) is 23.9 Å². The van der Waals surface area contributed by atoms with Crippen molar-refractivity contribution in [2.24, 2.45) is 0 Å². The molecule has 1 unspecified atom stereocenters. The SMILES string of the molecule is Cc1ccccc1COCCCP(=O)(CO[C@H](C)Cn1cnc2c(N)ncnc21)Oc1ccc2ccccc2c1. The number of hydrogen-bond donors (Lipinski definition) is 1. The highest BCUT2D eigenvalue weighted by Gasteiger charge is 2.26. The zero-order valence-electron chi connectivity index (χ0n) is 22.8. The van der Waals surface area contributed by atoms with Crippen molar-refractivity contribution in [3.05, 3.63) is 90.5 Å². The fraction of sp³-hybridized carbons (Fsp3) is 0.300. The van der Waals surface area contributed by atoms with Crippen LogP contribution in [0.25, 0.3) is 21.9 Å². The van der Waals surface area contributed by atoms with Crippen molar-refractivity contribution in [2.45, 2.75) is 39.5 Å². The van der Waals surface area contributed by atoms with Crippen LogP contribution in [0.4, 0.5) is 5.82 Å². The molecule has 0 amide bonds. The zero-order chi connectivity index (χ0) is 28.0. The van der Waals surface area contributed by atoms with Gasteiger partial charge in [-0.25, -0.2) is 15.0 Å². The topological polar surface area (TPSA) is 114 Å². The van der Waals surface area contributed by atoms with Crippen molar-refractivity contribution in [1.29, 1.82) is 0 Å². The molecule has 2 heterocycles. The van der Waals surface area contributed by atoms with Crippen LogP contribution in [0.3, 0.4) is 0 Å². The van der Waals surface area contributed by atoms with Crippen LogP contribution in [0, 0.1) is 6.92 Å². The van der Waals surface area contributed by atoms with Crippen LogP contribution in [-0.2, 0) is 27.2 Å². The van der Waals surface area contributed by atoms with Gasteiger partial charge in [-0.05, 0) is 54.3 Å². The molecule has 208 valence electrons. The van der Waals surface area contributed by atoms with Crippen LogP contribution >= 0.6 is 7.37 Å². The molecule has 5 rings (SSSR count). The monoisotopic (exact) mass is 559 g/mol. The van der Waals surface area contributed by atoms with Gasteiger partial charge in [0.25, 0.3) is 7.37 Å². The van der Waals surface area contributed by atoms with E-state index in [4.69, 9.17) is 19.7 Å². The molecule has 0 fully saturated rings. The van der Waals surface area contributed by atoms with Gasteiger partial charge in [0.15, 0.2) is 11.5 Å². The summed E-state index contributed by atoms with van der Waals surface area (Å²) in [4.78, 5) is 12.6. The summed E-state index contributed by atoms with van der Waals surface area (Å²) < 4.78 is 34.2. The molecule has 0 radical (unpaired) electrons. The molecule has 10 heteroatoms. The van der Waals surface area contributed by atoms with Gasteiger partial charge in [0.2, 0.25) is 0 Å². The van der Waals surface area contributed by atoms with Crippen molar-refractivity contribution in [1.82, 2.24) is 19.5 Å². The van der Waals surface area contributed by atoms with Gasteiger partial charge < -0.3 is 24.3 Å². The summed E-state index contributed by atoms with van der Waals surface area (Å²) in [6.45, 7) is 5.43. The van der Waals surface area contributed by atoms with Crippen LogP contribution in [0.5, 0.6) is 5.75 Å². The molecule has 0 aliphatic carbocycles. The molecular formula is C30H34N5O4P. The number of anilines is 1. The number of nitrogens with two attached hydrogens (primary N) is 1. The number of ether oxygens (including phenoxy) is 2. The first-order valence-electron chi connectivity index (χ1n) is 13.3. The molecule has 9 nitrogen and oxygen atoms in total.